The van der Waals surface area contributed by atoms with Crippen LogP contribution in [0.5, 0.6) is 0 Å². The van der Waals surface area contributed by atoms with Crippen molar-refractivity contribution in [3.63, 3.8) is 0 Å². The van der Waals surface area contributed by atoms with Crippen LogP contribution in [-0.4, -0.2) is 0 Å². The first-order valence-corrected chi connectivity index (χ1v) is 41.9. The van der Waals surface area contributed by atoms with Crippen LogP contribution in [0.25, 0.3) is 273 Å². The summed E-state index contributed by atoms with van der Waals surface area (Å²) in [4.78, 5) is 0. The fourth-order valence-corrected chi connectivity index (χ4v) is 19.4. The van der Waals surface area contributed by atoms with E-state index in [9.17, 15) is 17.8 Å². The van der Waals surface area contributed by atoms with Gasteiger partial charge in [0, 0.05) is 48.5 Å². The van der Waals surface area contributed by atoms with Gasteiger partial charge in [0.15, 0.2) is 0 Å². The summed E-state index contributed by atoms with van der Waals surface area (Å²) >= 11 is 0. The molecule has 0 aliphatic rings. The lowest BCUT2D eigenvalue weighted by molar-refractivity contribution is 0.672. The Labute approximate surface area is 785 Å². The van der Waals surface area contributed by atoms with Gasteiger partial charge in [-0.25, -0.2) is 0 Å². The lowest BCUT2D eigenvalue weighted by atomic mass is 9.84. The number of rotatable bonds is 7. The van der Waals surface area contributed by atoms with E-state index in [-0.39, 0.29) is 124 Å². The largest absolute Gasteiger partial charge is 0.455 e. The van der Waals surface area contributed by atoms with Crippen LogP contribution in [0.4, 0.5) is 0 Å². The summed E-state index contributed by atoms with van der Waals surface area (Å²) in [5, 5.41) is 13.4. The van der Waals surface area contributed by atoms with Crippen LogP contribution in [0, 0.1) is 0 Å². The van der Waals surface area contributed by atoms with Gasteiger partial charge in [-0.2, -0.15) is 0 Å². The molecule has 0 N–H and O–H groups in total. The highest BCUT2D eigenvalue weighted by molar-refractivity contribution is 6.31. The van der Waals surface area contributed by atoms with Gasteiger partial charge < -0.3 is 13.3 Å². The van der Waals surface area contributed by atoms with Gasteiger partial charge in [0.05, 0.1) is 42.5 Å². The molecule has 0 radical (unpaired) electrons. The zero-order valence-electron chi connectivity index (χ0n) is 98.7. The molecule has 3 heteroatoms. The van der Waals surface area contributed by atoms with Gasteiger partial charge in [0.2, 0.25) is 0 Å². The van der Waals surface area contributed by atoms with E-state index in [2.05, 4.69) is 24.3 Å². The van der Waals surface area contributed by atoms with Crippen molar-refractivity contribution in [2.24, 2.45) is 0 Å². The molecule has 598 valence electrons. The predicted molar refractivity (Wildman–Crippen MR) is 549 cm³/mol. The number of furan rings is 3. The predicted octanol–water partition coefficient (Wildman–Crippen LogP) is 36.3. The van der Waals surface area contributed by atoms with E-state index in [0.717, 1.165) is 92.3 Å². The highest BCUT2D eigenvalue weighted by Crippen LogP contribution is 2.53. The van der Waals surface area contributed by atoms with Gasteiger partial charge in [-0.05, 0) is 233 Å². The van der Waals surface area contributed by atoms with Crippen molar-refractivity contribution in [1.29, 1.82) is 0 Å². The molecule has 3 aromatic heterocycles. The van der Waals surface area contributed by atoms with Crippen LogP contribution in [0.2, 0.25) is 0 Å². The zero-order valence-corrected chi connectivity index (χ0v) is 67.7. The molecule has 0 aliphatic heterocycles. The number of fused-ring (bicyclic) bond motifs is 24. The van der Waals surface area contributed by atoms with Gasteiger partial charge in [0.25, 0.3) is 0 Å². The monoisotopic (exact) mass is 1670 g/mol. The molecule has 25 aromatic carbocycles. The Morgan fingerprint density at radius 2 is 0.434 bits per heavy atom. The van der Waals surface area contributed by atoms with E-state index in [1.807, 2.05) is 224 Å². The third-order valence-electron chi connectivity index (χ3n) is 25.0. The molecule has 0 aliphatic carbocycles. The topological polar surface area (TPSA) is 39.4 Å². The standard InChI is InChI=1S/C46H28O.2C40H24O/c1-3-14-33-29(11-1)13-9-21-36(33)44-39-18-7-5-16-37(39)43(38-17-6-8-19-40(38)44)32-25-23-31(24-26-32)34-20-10-22-42-45(34)41-28-27-30-12-2-4-15-35(30)46(41)47-42;1-3-14-27-25(11-1)13-9-20-29(27)37-30-16-5-7-18-32(30)38(33-19-8-6-17-31(33)37)34-21-10-22-36-39(34)35-24-23-26-12-2-4-15-28(26)40(35)41-36;1-2-12-27-24-28(21-20-25(27)10-1)37-30-14-5-7-16-32(30)38(33-17-8-6-15-31(33)37)34-18-9-19-36-39(34)35-23-22-26-11-3-4-13-29(26)40(35)41-36/h1-28H;2*1-24H/i5D,6D,7D,8D,16D,17D,18D,19D;1D,3D,5D,6D,7D,8D,9D,11D,13D,14D,16D,17D,18D,19D,20D;5D,6D,7D,8D,14D,15D,16D,17D. The zero-order chi connectivity index (χ0) is 112. The molecule has 0 atom stereocenters. The third-order valence-corrected chi connectivity index (χ3v) is 25.0. The molecule has 0 saturated carbocycles. The fourth-order valence-electron chi connectivity index (χ4n) is 19.4. The molecule has 0 unspecified atom stereocenters. The van der Waals surface area contributed by atoms with Crippen LogP contribution < -0.4 is 0 Å². The first kappa shape index (κ1) is 48.9. The Hall–Kier alpha value is -17.0. The van der Waals surface area contributed by atoms with Crippen molar-refractivity contribution in [1.82, 2.24) is 0 Å². The minimum Gasteiger partial charge on any atom is -0.455 e. The van der Waals surface area contributed by atoms with Crippen LogP contribution in [0.1, 0.15) is 42.5 Å². The molecule has 0 spiro atoms. The number of benzene rings is 25. The minimum absolute atomic E-state index is 0.0140. The summed E-state index contributed by atoms with van der Waals surface area (Å²) in [5.74, 6) is 0. The molecule has 28 aromatic rings. The molecule has 0 fully saturated rings. The Balaban J connectivity index is 0.000000119. The highest BCUT2D eigenvalue weighted by atomic mass is 16.3. The quantitative estimate of drug-likeness (QED) is 0.149. The third kappa shape index (κ3) is 11.8. The van der Waals surface area contributed by atoms with Crippen molar-refractivity contribution < 1.29 is 55.7 Å². The van der Waals surface area contributed by atoms with Crippen molar-refractivity contribution in [3.8, 4) is 77.9 Å². The Bertz CT molecular complexity index is 11300. The summed E-state index contributed by atoms with van der Waals surface area (Å²) in [5.41, 5.74) is 8.60. The maximum absolute atomic E-state index is 9.40. The molecule has 129 heavy (non-hydrogen) atoms. The van der Waals surface area contributed by atoms with Crippen LogP contribution in [-0.2, 0) is 0 Å². The molecule has 0 saturated heterocycles. The Morgan fingerprint density at radius 1 is 0.147 bits per heavy atom. The van der Waals surface area contributed by atoms with Crippen molar-refractivity contribution in [2.75, 3.05) is 0 Å². The van der Waals surface area contributed by atoms with E-state index in [1.54, 1.807) is 24.3 Å². The maximum atomic E-state index is 9.40. The highest BCUT2D eigenvalue weighted by Gasteiger charge is 2.27. The molecular weight excluding hydrogens is 1560 g/mol. The van der Waals surface area contributed by atoms with Gasteiger partial charge in [-0.1, -0.05) is 418 Å². The average Bonchev–Trinajstić information content (AvgIpc) is 0.901. The average molecular weight is 1670 g/mol. The normalized spacial score (nSPS) is 15.2. The fraction of sp³-hybridized carbons (Fsp3) is 0. The van der Waals surface area contributed by atoms with Crippen LogP contribution in [0.15, 0.2) is 474 Å². The molecule has 0 amide bonds. The summed E-state index contributed by atoms with van der Waals surface area (Å²) in [7, 11) is 0. The Morgan fingerprint density at radius 3 is 0.876 bits per heavy atom. The first-order chi connectivity index (χ1) is 76.9. The first-order valence-electron chi connectivity index (χ1n) is 57.4. The molecule has 28 rings (SSSR count). The number of hydrogen-bond acceptors (Lipinski definition) is 3. The smallest absolute Gasteiger partial charge is 0.143 e. The summed E-state index contributed by atoms with van der Waals surface area (Å²) < 4.78 is 298. The lowest BCUT2D eigenvalue weighted by Crippen LogP contribution is -1.92. The second-order valence-electron chi connectivity index (χ2n) is 31.7. The van der Waals surface area contributed by atoms with Crippen molar-refractivity contribution in [2.45, 2.75) is 0 Å². The minimum atomic E-state index is -0.758. The maximum Gasteiger partial charge on any atom is 0.143 e. The second kappa shape index (κ2) is 29.9. The van der Waals surface area contributed by atoms with Gasteiger partial charge in [-0.15, -0.1) is 0 Å². The second-order valence-corrected chi connectivity index (χ2v) is 31.7. The van der Waals surface area contributed by atoms with E-state index >= 15 is 0 Å². The SMILES string of the molecule is [2H]c1c([2H])c([2H])c2c(-c3c4c([2H])c([2H])c([2H])c([2H])c4c(-c4cccc5oc6c7ccccc7ccc6c45)c4c([2H])c([2H])c([2H])c([2H])c34)c([2H])c([2H])c([2H])c2c1[2H].[2H]c1c([2H])c([2H])c2c(-c3cccc4ccccc34)c3c([2H])c([2H])c([2H])c([2H])c3c(-c3ccc(-c4cccc5oc6c7ccccc7ccc6c45)cc3)c2c1[2H].[2H]c1c([2H])c([2H])c2c(-c3cccc4oc5c6ccccc6ccc5c34)c3c([2H])c([2H])c([2H])c([2H])c3c(-c3ccc4ccccc4c3)c2c1[2H]. The van der Waals surface area contributed by atoms with E-state index in [1.165, 1.54) is 0 Å². The van der Waals surface area contributed by atoms with E-state index in [0.29, 0.717) is 88.6 Å². The van der Waals surface area contributed by atoms with Crippen LogP contribution >= 0.6 is 0 Å². The summed E-state index contributed by atoms with van der Waals surface area (Å²) in [6, 6.07) is 70.3. The molecule has 3 nitrogen and oxygen atoms in total. The van der Waals surface area contributed by atoms with Crippen molar-refractivity contribution in [3.05, 3.63) is 460 Å². The van der Waals surface area contributed by atoms with Gasteiger partial charge >= 0.3 is 0 Å². The summed E-state index contributed by atoms with van der Waals surface area (Å²) in [6.45, 7) is 0. The van der Waals surface area contributed by atoms with Crippen molar-refractivity contribution >= 4 is 195 Å². The van der Waals surface area contributed by atoms with Gasteiger partial charge in [-0.3, -0.25) is 0 Å². The number of hydrogen-bond donors (Lipinski definition) is 0. The lowest BCUT2D eigenvalue weighted by Gasteiger charge is -2.19. The van der Waals surface area contributed by atoms with E-state index < -0.39 is 155 Å². The van der Waals surface area contributed by atoms with Crippen LogP contribution in [0.3, 0.4) is 0 Å². The molecule has 0 bridgehead atoms. The van der Waals surface area contributed by atoms with E-state index in [4.69, 9.17) is 37.9 Å². The van der Waals surface area contributed by atoms with Gasteiger partial charge in [0.1, 0.15) is 33.5 Å². The molecule has 3 heterocycles. The summed E-state index contributed by atoms with van der Waals surface area (Å²) in [6.07, 6.45) is 0. The molecular formula is C126H76O3. The Kier molecular flexibility index (Phi) is 11.3.